The maximum atomic E-state index is 10.5. The van der Waals surface area contributed by atoms with Gasteiger partial charge in [-0.1, -0.05) is 6.08 Å². The Labute approximate surface area is 105 Å². The molecule has 92 valence electrons. The highest BCUT2D eigenvalue weighted by Crippen LogP contribution is 2.31. The number of rotatable bonds is 3. The first kappa shape index (κ1) is 11.0. The molecule has 4 heteroatoms. The Morgan fingerprint density at radius 1 is 1.39 bits per heavy atom. The number of hydrogen-bond donors (Lipinski definition) is 2. The van der Waals surface area contributed by atoms with Crippen LogP contribution in [0.5, 0.6) is 0 Å². The second-order valence-electron chi connectivity index (χ2n) is 4.31. The Hall–Kier alpha value is -2.07. The molecule has 0 atom stereocenters. The summed E-state index contributed by atoms with van der Waals surface area (Å²) < 4.78 is 5.56. The largest absolute Gasteiger partial charge is 0.464 e. The third-order valence-corrected chi connectivity index (χ3v) is 3.21. The van der Waals surface area contributed by atoms with Crippen molar-refractivity contribution in [1.82, 2.24) is 5.32 Å². The number of amides is 1. The molecule has 0 radical (unpaired) electrons. The third-order valence-electron chi connectivity index (χ3n) is 3.21. The molecule has 2 aromatic rings. The summed E-state index contributed by atoms with van der Waals surface area (Å²) in [6.07, 6.45) is 5.67. The lowest BCUT2D eigenvalue weighted by Gasteiger charge is -2.12. The molecular formula is C14H14N2O2. The van der Waals surface area contributed by atoms with Crippen LogP contribution in [0, 0.1) is 0 Å². The van der Waals surface area contributed by atoms with E-state index < -0.39 is 0 Å². The summed E-state index contributed by atoms with van der Waals surface area (Å²) in [7, 11) is 0. The molecule has 0 saturated carbocycles. The van der Waals surface area contributed by atoms with Crippen molar-refractivity contribution < 1.29 is 9.21 Å². The zero-order chi connectivity index (χ0) is 12.4. The van der Waals surface area contributed by atoms with Crippen LogP contribution in [-0.2, 0) is 4.79 Å². The quantitative estimate of drug-likeness (QED) is 0.812. The van der Waals surface area contributed by atoms with E-state index in [9.17, 15) is 4.79 Å². The SMILES string of the molecule is O=CNc1ccc2occ(C3=CCNCC3)c2c1. The fourth-order valence-electron chi connectivity index (χ4n) is 2.30. The van der Waals surface area contributed by atoms with Crippen LogP contribution in [0.15, 0.2) is 35.0 Å². The Kier molecular flexibility index (Phi) is 2.86. The van der Waals surface area contributed by atoms with Crippen molar-refractivity contribution in [2.24, 2.45) is 0 Å². The molecule has 4 nitrogen and oxygen atoms in total. The van der Waals surface area contributed by atoms with E-state index in [4.69, 9.17) is 4.42 Å². The third kappa shape index (κ3) is 1.91. The highest BCUT2D eigenvalue weighted by molar-refractivity contribution is 5.94. The summed E-state index contributed by atoms with van der Waals surface area (Å²) in [5.41, 5.74) is 4.06. The molecular weight excluding hydrogens is 228 g/mol. The molecule has 1 amide bonds. The Morgan fingerprint density at radius 2 is 2.33 bits per heavy atom. The smallest absolute Gasteiger partial charge is 0.211 e. The van der Waals surface area contributed by atoms with E-state index in [0.717, 1.165) is 41.7 Å². The van der Waals surface area contributed by atoms with E-state index in [0.29, 0.717) is 6.41 Å². The molecule has 18 heavy (non-hydrogen) atoms. The number of carbonyl (C=O) groups is 1. The Bertz CT molecular complexity index is 613. The minimum absolute atomic E-state index is 0.685. The molecule has 0 aliphatic carbocycles. The van der Waals surface area contributed by atoms with Gasteiger partial charge in [-0.15, -0.1) is 0 Å². The first-order chi connectivity index (χ1) is 8.88. The van der Waals surface area contributed by atoms with Gasteiger partial charge in [0.15, 0.2) is 0 Å². The normalized spacial score (nSPS) is 15.4. The molecule has 1 aliphatic heterocycles. The summed E-state index contributed by atoms with van der Waals surface area (Å²) in [5, 5.41) is 7.01. The number of carbonyl (C=O) groups excluding carboxylic acids is 1. The zero-order valence-corrected chi connectivity index (χ0v) is 9.90. The molecule has 2 N–H and O–H groups in total. The monoisotopic (exact) mass is 242 g/mol. The Balaban J connectivity index is 2.08. The van der Waals surface area contributed by atoms with Gasteiger partial charge in [0.2, 0.25) is 6.41 Å². The number of furan rings is 1. The lowest BCUT2D eigenvalue weighted by molar-refractivity contribution is -0.105. The van der Waals surface area contributed by atoms with Crippen LogP contribution in [0.1, 0.15) is 12.0 Å². The highest BCUT2D eigenvalue weighted by atomic mass is 16.3. The van der Waals surface area contributed by atoms with E-state index in [1.54, 1.807) is 6.26 Å². The summed E-state index contributed by atoms with van der Waals surface area (Å²) in [6.45, 7) is 1.89. The van der Waals surface area contributed by atoms with Crippen LogP contribution in [0.3, 0.4) is 0 Å². The predicted molar refractivity (Wildman–Crippen MR) is 71.4 cm³/mol. The maximum absolute atomic E-state index is 10.5. The molecule has 0 unspecified atom stereocenters. The number of benzene rings is 1. The minimum atomic E-state index is 0.685. The number of fused-ring (bicyclic) bond motifs is 1. The van der Waals surface area contributed by atoms with Gasteiger partial charge in [-0.2, -0.15) is 0 Å². The van der Waals surface area contributed by atoms with Gasteiger partial charge in [0.25, 0.3) is 0 Å². The van der Waals surface area contributed by atoms with Gasteiger partial charge in [-0.05, 0) is 36.7 Å². The van der Waals surface area contributed by atoms with Crippen LogP contribution in [-0.4, -0.2) is 19.5 Å². The standard InChI is InChI=1S/C14H14N2O2/c17-9-16-11-1-2-14-12(7-11)13(8-18-14)10-3-5-15-6-4-10/h1-3,7-9,15H,4-6H2,(H,16,17). The van der Waals surface area contributed by atoms with Crippen LogP contribution in [0.25, 0.3) is 16.5 Å². The summed E-state index contributed by atoms with van der Waals surface area (Å²) in [4.78, 5) is 10.5. The molecule has 2 heterocycles. The number of anilines is 1. The second-order valence-corrected chi connectivity index (χ2v) is 4.31. The minimum Gasteiger partial charge on any atom is -0.464 e. The van der Waals surface area contributed by atoms with Gasteiger partial charge in [-0.3, -0.25) is 4.79 Å². The van der Waals surface area contributed by atoms with Crippen molar-refractivity contribution in [3.63, 3.8) is 0 Å². The molecule has 1 aromatic carbocycles. The molecule has 1 aromatic heterocycles. The van der Waals surface area contributed by atoms with Gasteiger partial charge < -0.3 is 15.1 Å². The molecule has 0 bridgehead atoms. The maximum Gasteiger partial charge on any atom is 0.211 e. The van der Waals surface area contributed by atoms with Gasteiger partial charge in [0.1, 0.15) is 5.58 Å². The van der Waals surface area contributed by atoms with Gasteiger partial charge in [-0.25, -0.2) is 0 Å². The average Bonchev–Trinajstić information content (AvgIpc) is 2.83. The zero-order valence-electron chi connectivity index (χ0n) is 9.90. The van der Waals surface area contributed by atoms with E-state index in [-0.39, 0.29) is 0 Å². The van der Waals surface area contributed by atoms with Gasteiger partial charge in [0, 0.05) is 23.2 Å². The predicted octanol–water partition coefficient (Wildman–Crippen LogP) is 2.38. The fraction of sp³-hybridized carbons (Fsp3) is 0.214. The Morgan fingerprint density at radius 3 is 3.11 bits per heavy atom. The van der Waals surface area contributed by atoms with Crippen LogP contribution in [0.2, 0.25) is 0 Å². The molecule has 0 fully saturated rings. The van der Waals surface area contributed by atoms with Crippen molar-refractivity contribution in [2.75, 3.05) is 18.4 Å². The first-order valence-electron chi connectivity index (χ1n) is 6.00. The van der Waals surface area contributed by atoms with E-state index in [1.165, 1.54) is 5.57 Å². The van der Waals surface area contributed by atoms with E-state index >= 15 is 0 Å². The lowest BCUT2D eigenvalue weighted by atomic mass is 9.99. The fourth-order valence-corrected chi connectivity index (χ4v) is 2.30. The highest BCUT2D eigenvalue weighted by Gasteiger charge is 2.12. The van der Waals surface area contributed by atoms with Crippen molar-refractivity contribution in [2.45, 2.75) is 6.42 Å². The van der Waals surface area contributed by atoms with Crippen molar-refractivity contribution in [3.8, 4) is 0 Å². The van der Waals surface area contributed by atoms with Crippen LogP contribution in [0.4, 0.5) is 5.69 Å². The van der Waals surface area contributed by atoms with Crippen molar-refractivity contribution >= 4 is 28.6 Å². The van der Waals surface area contributed by atoms with Crippen LogP contribution < -0.4 is 10.6 Å². The first-order valence-corrected chi connectivity index (χ1v) is 6.00. The second kappa shape index (κ2) is 4.66. The topological polar surface area (TPSA) is 54.3 Å². The number of nitrogens with one attached hydrogen (secondary N) is 2. The van der Waals surface area contributed by atoms with Gasteiger partial charge >= 0.3 is 0 Å². The van der Waals surface area contributed by atoms with Crippen molar-refractivity contribution in [3.05, 3.63) is 36.1 Å². The summed E-state index contributed by atoms with van der Waals surface area (Å²) >= 11 is 0. The van der Waals surface area contributed by atoms with Crippen LogP contribution >= 0.6 is 0 Å². The molecule has 0 spiro atoms. The molecule has 0 saturated heterocycles. The average molecular weight is 242 g/mol. The van der Waals surface area contributed by atoms with E-state index in [1.807, 2.05) is 18.2 Å². The molecule has 3 rings (SSSR count). The lowest BCUT2D eigenvalue weighted by Crippen LogP contribution is -2.19. The van der Waals surface area contributed by atoms with Crippen molar-refractivity contribution in [1.29, 1.82) is 0 Å². The van der Waals surface area contributed by atoms with E-state index in [2.05, 4.69) is 16.7 Å². The summed E-state index contributed by atoms with van der Waals surface area (Å²) in [6, 6.07) is 5.67. The number of hydrogen-bond acceptors (Lipinski definition) is 3. The molecule has 1 aliphatic rings. The summed E-state index contributed by atoms with van der Waals surface area (Å²) in [5.74, 6) is 0. The van der Waals surface area contributed by atoms with Gasteiger partial charge in [0.05, 0.1) is 6.26 Å².